The van der Waals surface area contributed by atoms with Crippen molar-refractivity contribution in [1.29, 1.82) is 0 Å². The number of benzene rings is 2. The molecule has 3 atom stereocenters. The lowest BCUT2D eigenvalue weighted by atomic mass is 9.80. The van der Waals surface area contributed by atoms with Crippen molar-refractivity contribution in [3.63, 3.8) is 0 Å². The molecule has 2 bridgehead atoms. The van der Waals surface area contributed by atoms with Gasteiger partial charge in [0.2, 0.25) is 0 Å². The van der Waals surface area contributed by atoms with Crippen molar-refractivity contribution in [3.8, 4) is 5.75 Å². The highest BCUT2D eigenvalue weighted by atomic mass is 35.5. The number of nitrogens with zero attached hydrogens (tertiary/aromatic N) is 1. The summed E-state index contributed by atoms with van der Waals surface area (Å²) in [7, 11) is 0. The van der Waals surface area contributed by atoms with E-state index >= 15 is 0 Å². The highest BCUT2D eigenvalue weighted by molar-refractivity contribution is 7.80. The zero-order valence-electron chi connectivity index (χ0n) is 13.2. The van der Waals surface area contributed by atoms with E-state index in [-0.39, 0.29) is 12.0 Å². The molecule has 0 aromatic heterocycles. The molecule has 2 heterocycles. The number of anilines is 1. The van der Waals surface area contributed by atoms with Gasteiger partial charge in [0.25, 0.3) is 0 Å². The average molecular weight is 379 g/mol. The minimum absolute atomic E-state index is 0.0559. The summed E-state index contributed by atoms with van der Waals surface area (Å²) < 4.78 is 6.43. The molecule has 3 nitrogen and oxygen atoms in total. The van der Waals surface area contributed by atoms with Gasteiger partial charge < -0.3 is 10.1 Å². The van der Waals surface area contributed by atoms with Gasteiger partial charge in [-0.25, -0.2) is 0 Å². The van der Waals surface area contributed by atoms with E-state index in [1.165, 1.54) is 0 Å². The summed E-state index contributed by atoms with van der Waals surface area (Å²) >= 11 is 18.0. The third kappa shape index (κ3) is 2.28. The van der Waals surface area contributed by atoms with Crippen LogP contribution in [0.1, 0.15) is 25.5 Å². The van der Waals surface area contributed by atoms with Crippen LogP contribution in [0.25, 0.3) is 0 Å². The van der Waals surface area contributed by atoms with Gasteiger partial charge in [0.1, 0.15) is 5.75 Å². The van der Waals surface area contributed by atoms with Crippen LogP contribution in [0.4, 0.5) is 5.69 Å². The summed E-state index contributed by atoms with van der Waals surface area (Å²) in [6, 6.07) is 13.4. The fraction of sp³-hybridized carbons (Fsp3) is 0.278. The molecule has 0 saturated carbocycles. The number of hydrogen-bond donors (Lipinski definition) is 1. The van der Waals surface area contributed by atoms with Crippen LogP contribution in [0.5, 0.6) is 5.75 Å². The molecule has 124 valence electrons. The molecule has 0 amide bonds. The zero-order valence-corrected chi connectivity index (χ0v) is 15.5. The zero-order chi connectivity index (χ0) is 17.1. The Labute approximate surface area is 156 Å². The normalized spacial score (nSPS) is 28.0. The van der Waals surface area contributed by atoms with Crippen LogP contribution < -0.4 is 15.0 Å². The molecule has 6 heteroatoms. The van der Waals surface area contributed by atoms with Crippen LogP contribution in [-0.4, -0.2) is 10.8 Å². The van der Waals surface area contributed by atoms with E-state index in [1.54, 1.807) is 0 Å². The molecule has 0 unspecified atom stereocenters. The molecule has 2 aliphatic heterocycles. The number of rotatable bonds is 1. The highest BCUT2D eigenvalue weighted by Crippen LogP contribution is 2.49. The summed E-state index contributed by atoms with van der Waals surface area (Å²) in [6.07, 6.45) is 0. The van der Waals surface area contributed by atoms with Crippen molar-refractivity contribution in [2.45, 2.75) is 25.6 Å². The molecule has 4 rings (SSSR count). The van der Waals surface area contributed by atoms with Crippen LogP contribution in [0, 0.1) is 5.92 Å². The average Bonchev–Trinajstić information content (AvgIpc) is 2.52. The third-order valence-corrected chi connectivity index (χ3v) is 5.73. The highest BCUT2D eigenvalue weighted by Gasteiger charge is 2.53. The molecule has 0 spiro atoms. The fourth-order valence-electron chi connectivity index (χ4n) is 3.59. The molecular weight excluding hydrogens is 363 g/mol. The van der Waals surface area contributed by atoms with Crippen LogP contribution in [0.2, 0.25) is 10.0 Å². The fourth-order valence-corrected chi connectivity index (χ4v) is 4.37. The van der Waals surface area contributed by atoms with Crippen molar-refractivity contribution in [2.24, 2.45) is 5.92 Å². The Morgan fingerprint density at radius 1 is 1.17 bits per heavy atom. The first kappa shape index (κ1) is 16.0. The van der Waals surface area contributed by atoms with Gasteiger partial charge in [0.05, 0.1) is 6.04 Å². The first-order chi connectivity index (χ1) is 11.4. The predicted molar refractivity (Wildman–Crippen MR) is 102 cm³/mol. The SMILES string of the molecule is C[C@H]1[C@H]2NC(=S)N(c3cccc(Cl)c3)[C@@]1(C)Oc1ccc(Cl)cc12. The lowest BCUT2D eigenvalue weighted by molar-refractivity contribution is -0.00315. The maximum Gasteiger partial charge on any atom is 0.190 e. The summed E-state index contributed by atoms with van der Waals surface area (Å²) in [4.78, 5) is 2.01. The number of hydrogen-bond acceptors (Lipinski definition) is 2. The topological polar surface area (TPSA) is 24.5 Å². The molecule has 0 aliphatic carbocycles. The van der Waals surface area contributed by atoms with E-state index in [1.807, 2.05) is 47.4 Å². The molecule has 2 aromatic carbocycles. The first-order valence-electron chi connectivity index (χ1n) is 7.75. The smallest absolute Gasteiger partial charge is 0.190 e. The lowest BCUT2D eigenvalue weighted by Crippen LogP contribution is -2.69. The summed E-state index contributed by atoms with van der Waals surface area (Å²) in [6.45, 7) is 4.22. The molecular formula is C18H16Cl2N2OS. The van der Waals surface area contributed by atoms with E-state index in [0.717, 1.165) is 17.0 Å². The van der Waals surface area contributed by atoms with E-state index in [9.17, 15) is 0 Å². The molecule has 2 aliphatic rings. The van der Waals surface area contributed by atoms with Crippen molar-refractivity contribution in [2.75, 3.05) is 4.90 Å². The van der Waals surface area contributed by atoms with E-state index in [0.29, 0.717) is 15.2 Å². The van der Waals surface area contributed by atoms with Gasteiger partial charge in [0, 0.05) is 27.2 Å². The van der Waals surface area contributed by atoms with Crippen LogP contribution in [-0.2, 0) is 0 Å². The minimum atomic E-state index is -0.613. The molecule has 2 aromatic rings. The van der Waals surface area contributed by atoms with Crippen LogP contribution >= 0.6 is 35.4 Å². The van der Waals surface area contributed by atoms with Crippen LogP contribution in [0.3, 0.4) is 0 Å². The second-order valence-corrected chi connectivity index (χ2v) is 7.63. The van der Waals surface area contributed by atoms with Gasteiger partial charge in [-0.1, -0.05) is 36.2 Å². The number of fused-ring (bicyclic) bond motifs is 4. The van der Waals surface area contributed by atoms with Gasteiger partial charge in [-0.2, -0.15) is 0 Å². The van der Waals surface area contributed by atoms with Crippen molar-refractivity contribution < 1.29 is 4.74 Å². The van der Waals surface area contributed by atoms with Gasteiger partial charge >= 0.3 is 0 Å². The van der Waals surface area contributed by atoms with Gasteiger partial charge in [-0.15, -0.1) is 0 Å². The van der Waals surface area contributed by atoms with Crippen molar-refractivity contribution in [1.82, 2.24) is 5.32 Å². The molecule has 1 fully saturated rings. The standard InChI is InChI=1S/C18H16Cl2N2OS/c1-10-16-14-9-12(20)6-7-15(14)23-18(10,2)22(17(24)21-16)13-5-3-4-11(19)8-13/h3-10,16H,1-2H3,(H,21,24)/t10-,16+,18-/m0/s1. The Kier molecular flexibility index (Phi) is 3.68. The van der Waals surface area contributed by atoms with Gasteiger partial charge in [0.15, 0.2) is 10.8 Å². The lowest BCUT2D eigenvalue weighted by Gasteiger charge is -2.56. The Hall–Kier alpha value is -1.49. The molecule has 24 heavy (non-hydrogen) atoms. The number of halogens is 2. The Morgan fingerprint density at radius 2 is 1.92 bits per heavy atom. The van der Waals surface area contributed by atoms with E-state index in [2.05, 4.69) is 19.2 Å². The Morgan fingerprint density at radius 3 is 2.67 bits per heavy atom. The third-order valence-electron chi connectivity index (χ3n) is 4.96. The Bertz CT molecular complexity index is 844. The number of nitrogens with one attached hydrogen (secondary N) is 1. The molecule has 1 N–H and O–H groups in total. The maximum atomic E-state index is 6.43. The monoisotopic (exact) mass is 378 g/mol. The first-order valence-corrected chi connectivity index (χ1v) is 8.91. The number of ether oxygens (including phenoxy) is 1. The quantitative estimate of drug-likeness (QED) is 0.691. The number of thiocarbonyl (C=S) groups is 1. The molecule has 0 radical (unpaired) electrons. The second-order valence-electron chi connectivity index (χ2n) is 6.37. The second kappa shape index (κ2) is 5.51. The maximum absolute atomic E-state index is 6.43. The summed E-state index contributed by atoms with van der Waals surface area (Å²) in [5.41, 5.74) is 1.34. The van der Waals surface area contributed by atoms with E-state index < -0.39 is 5.72 Å². The summed E-state index contributed by atoms with van der Waals surface area (Å²) in [5, 5.41) is 5.43. The minimum Gasteiger partial charge on any atom is -0.467 e. The van der Waals surface area contributed by atoms with Crippen molar-refractivity contribution >= 4 is 46.2 Å². The molecule has 1 saturated heterocycles. The van der Waals surface area contributed by atoms with Crippen LogP contribution in [0.15, 0.2) is 42.5 Å². The Balaban J connectivity index is 1.86. The van der Waals surface area contributed by atoms with E-state index in [4.69, 9.17) is 40.2 Å². The summed E-state index contributed by atoms with van der Waals surface area (Å²) in [5.74, 6) is 0.973. The predicted octanol–water partition coefficient (Wildman–Crippen LogP) is 5.17. The van der Waals surface area contributed by atoms with Gasteiger partial charge in [-0.3, -0.25) is 4.90 Å². The van der Waals surface area contributed by atoms with Gasteiger partial charge in [-0.05, 0) is 55.5 Å². The largest absolute Gasteiger partial charge is 0.467 e. The van der Waals surface area contributed by atoms with Crippen molar-refractivity contribution in [3.05, 3.63) is 58.1 Å².